The Morgan fingerprint density at radius 1 is 0.828 bits per heavy atom. The summed E-state index contributed by atoms with van der Waals surface area (Å²) in [5.41, 5.74) is 9.69. The maximum absolute atomic E-state index is 4.64. The third kappa shape index (κ3) is 4.70. The van der Waals surface area contributed by atoms with Gasteiger partial charge in [0.1, 0.15) is 0 Å². The number of hydrazone groups is 1. The molecule has 0 saturated carbocycles. The molecule has 1 aromatic heterocycles. The number of thiazole rings is 1. The molecule has 0 amide bonds. The van der Waals surface area contributed by atoms with Gasteiger partial charge in [-0.2, -0.15) is 5.10 Å². The summed E-state index contributed by atoms with van der Waals surface area (Å²) in [6.07, 6.45) is 1.80. The Morgan fingerprint density at radius 2 is 1.48 bits per heavy atom. The third-order valence-electron chi connectivity index (χ3n) is 4.58. The molecule has 0 saturated heterocycles. The van der Waals surface area contributed by atoms with Crippen molar-refractivity contribution in [3.63, 3.8) is 0 Å². The molecule has 0 fully saturated rings. The number of hydrogen-bond donors (Lipinski definition) is 1. The van der Waals surface area contributed by atoms with Crippen molar-refractivity contribution in [3.05, 3.63) is 89.8 Å². The molecule has 144 valence electrons. The largest absolute Gasteiger partial charge is 0.378 e. The highest BCUT2D eigenvalue weighted by Gasteiger charge is 2.05. The molecule has 4 rings (SSSR count). The Morgan fingerprint density at radius 3 is 2.17 bits per heavy atom. The number of nitrogens with zero attached hydrogens (tertiary/aromatic N) is 3. The smallest absolute Gasteiger partial charge is 0.203 e. The Bertz CT molecular complexity index is 1080. The fourth-order valence-corrected chi connectivity index (χ4v) is 3.61. The van der Waals surface area contributed by atoms with Crippen LogP contribution in [0.1, 0.15) is 5.56 Å². The van der Waals surface area contributed by atoms with Crippen LogP contribution in [-0.4, -0.2) is 25.3 Å². The van der Waals surface area contributed by atoms with Gasteiger partial charge in [0, 0.05) is 30.7 Å². The van der Waals surface area contributed by atoms with Gasteiger partial charge >= 0.3 is 0 Å². The van der Waals surface area contributed by atoms with E-state index in [1.165, 1.54) is 11.1 Å². The highest BCUT2D eigenvalue weighted by molar-refractivity contribution is 7.14. The SMILES string of the molecule is CN(C)c1ccc(/C=N/Nc2nc(-c3ccc(-c4ccccc4)cc3)cs2)cc1. The normalized spacial score (nSPS) is 11.0. The minimum absolute atomic E-state index is 0.772. The molecule has 1 N–H and O–H groups in total. The molecular formula is C24H22N4S. The molecular weight excluding hydrogens is 376 g/mol. The van der Waals surface area contributed by atoms with E-state index in [-0.39, 0.29) is 0 Å². The summed E-state index contributed by atoms with van der Waals surface area (Å²) in [6.45, 7) is 0. The van der Waals surface area contributed by atoms with E-state index in [1.807, 2.05) is 37.7 Å². The average molecular weight is 399 g/mol. The predicted octanol–water partition coefficient (Wildman–Crippen LogP) is 5.99. The fourth-order valence-electron chi connectivity index (χ4n) is 2.94. The molecule has 0 radical (unpaired) electrons. The highest BCUT2D eigenvalue weighted by Crippen LogP contribution is 2.27. The lowest BCUT2D eigenvalue weighted by atomic mass is 10.0. The second-order valence-corrected chi connectivity index (χ2v) is 7.70. The van der Waals surface area contributed by atoms with Gasteiger partial charge in [0.2, 0.25) is 5.13 Å². The van der Waals surface area contributed by atoms with E-state index in [0.29, 0.717) is 0 Å². The second kappa shape index (κ2) is 8.71. The molecule has 0 unspecified atom stereocenters. The Balaban J connectivity index is 1.40. The lowest BCUT2D eigenvalue weighted by Crippen LogP contribution is -2.08. The molecule has 1 heterocycles. The molecule has 0 spiro atoms. The number of anilines is 2. The van der Waals surface area contributed by atoms with Crippen LogP contribution in [0.25, 0.3) is 22.4 Å². The zero-order valence-corrected chi connectivity index (χ0v) is 17.2. The van der Waals surface area contributed by atoms with Gasteiger partial charge in [-0.15, -0.1) is 11.3 Å². The zero-order valence-electron chi connectivity index (χ0n) is 16.4. The lowest BCUT2D eigenvalue weighted by Gasteiger charge is -2.11. The van der Waals surface area contributed by atoms with Crippen molar-refractivity contribution in [2.45, 2.75) is 0 Å². The quantitative estimate of drug-likeness (QED) is 0.320. The maximum Gasteiger partial charge on any atom is 0.203 e. The molecule has 4 nitrogen and oxygen atoms in total. The van der Waals surface area contributed by atoms with Gasteiger partial charge in [0.05, 0.1) is 11.9 Å². The van der Waals surface area contributed by atoms with Gasteiger partial charge in [0.25, 0.3) is 0 Å². The van der Waals surface area contributed by atoms with Crippen LogP contribution in [0.4, 0.5) is 10.8 Å². The Labute approximate surface area is 175 Å². The monoisotopic (exact) mass is 398 g/mol. The van der Waals surface area contributed by atoms with Crippen molar-refractivity contribution >= 4 is 28.4 Å². The first-order chi connectivity index (χ1) is 14.2. The summed E-state index contributed by atoms with van der Waals surface area (Å²) >= 11 is 1.54. The van der Waals surface area contributed by atoms with E-state index in [4.69, 9.17) is 0 Å². The van der Waals surface area contributed by atoms with Crippen LogP contribution >= 0.6 is 11.3 Å². The minimum Gasteiger partial charge on any atom is -0.378 e. The first-order valence-corrected chi connectivity index (χ1v) is 10.2. The Kier molecular flexibility index (Phi) is 5.68. The van der Waals surface area contributed by atoms with Crippen LogP contribution in [0.15, 0.2) is 89.3 Å². The number of hydrogen-bond acceptors (Lipinski definition) is 5. The van der Waals surface area contributed by atoms with Crippen LogP contribution in [0.2, 0.25) is 0 Å². The van der Waals surface area contributed by atoms with E-state index < -0.39 is 0 Å². The van der Waals surface area contributed by atoms with E-state index >= 15 is 0 Å². The van der Waals surface area contributed by atoms with Gasteiger partial charge in [0.15, 0.2) is 0 Å². The van der Waals surface area contributed by atoms with Crippen molar-refractivity contribution in [3.8, 4) is 22.4 Å². The molecule has 0 aliphatic heterocycles. The van der Waals surface area contributed by atoms with Crippen molar-refractivity contribution in [1.82, 2.24) is 4.98 Å². The van der Waals surface area contributed by atoms with Crippen LogP contribution in [0.3, 0.4) is 0 Å². The first kappa shape index (κ1) is 18.9. The summed E-state index contributed by atoms with van der Waals surface area (Å²) in [6, 6.07) is 27.1. The second-order valence-electron chi connectivity index (χ2n) is 6.84. The zero-order chi connectivity index (χ0) is 20.1. The summed E-state index contributed by atoms with van der Waals surface area (Å²) in [5, 5.41) is 7.12. The van der Waals surface area contributed by atoms with Crippen molar-refractivity contribution in [2.24, 2.45) is 5.10 Å². The standard InChI is InChI=1S/C24H22N4S/c1-28(2)22-14-8-18(9-15-22)16-25-27-24-26-23(17-29-24)21-12-10-20(11-13-21)19-6-4-3-5-7-19/h3-17H,1-2H3,(H,26,27)/b25-16+. The topological polar surface area (TPSA) is 40.5 Å². The van der Waals surface area contributed by atoms with Crippen LogP contribution in [0.5, 0.6) is 0 Å². The highest BCUT2D eigenvalue weighted by atomic mass is 32.1. The number of nitrogens with one attached hydrogen (secondary N) is 1. The van der Waals surface area contributed by atoms with Gasteiger partial charge in [-0.25, -0.2) is 4.98 Å². The predicted molar refractivity (Wildman–Crippen MR) is 125 cm³/mol. The van der Waals surface area contributed by atoms with Crippen LogP contribution in [0, 0.1) is 0 Å². The molecule has 5 heteroatoms. The lowest BCUT2D eigenvalue weighted by molar-refractivity contribution is 1.13. The van der Waals surface area contributed by atoms with Crippen LogP contribution in [-0.2, 0) is 0 Å². The summed E-state index contributed by atoms with van der Waals surface area (Å²) in [4.78, 5) is 6.71. The minimum atomic E-state index is 0.772. The summed E-state index contributed by atoms with van der Waals surface area (Å²) < 4.78 is 0. The van der Waals surface area contributed by atoms with Gasteiger partial charge in [-0.3, -0.25) is 5.43 Å². The van der Waals surface area contributed by atoms with Gasteiger partial charge in [-0.05, 0) is 28.8 Å². The van der Waals surface area contributed by atoms with E-state index in [2.05, 4.69) is 81.1 Å². The van der Waals surface area contributed by atoms with Crippen molar-refractivity contribution < 1.29 is 0 Å². The van der Waals surface area contributed by atoms with E-state index in [0.717, 1.165) is 27.6 Å². The number of benzene rings is 3. The molecule has 3 aromatic carbocycles. The molecule has 0 aliphatic carbocycles. The molecule has 29 heavy (non-hydrogen) atoms. The van der Waals surface area contributed by atoms with Gasteiger partial charge < -0.3 is 4.90 Å². The van der Waals surface area contributed by atoms with E-state index in [9.17, 15) is 0 Å². The number of rotatable bonds is 6. The molecule has 0 bridgehead atoms. The molecule has 0 aliphatic rings. The van der Waals surface area contributed by atoms with Crippen molar-refractivity contribution in [2.75, 3.05) is 24.4 Å². The maximum atomic E-state index is 4.64. The molecule has 4 aromatic rings. The molecule has 0 atom stereocenters. The van der Waals surface area contributed by atoms with Crippen LogP contribution < -0.4 is 10.3 Å². The number of aromatic nitrogens is 1. The first-order valence-electron chi connectivity index (χ1n) is 9.37. The third-order valence-corrected chi connectivity index (χ3v) is 5.32. The average Bonchev–Trinajstić information content (AvgIpc) is 3.24. The van der Waals surface area contributed by atoms with E-state index in [1.54, 1.807) is 17.6 Å². The summed E-state index contributed by atoms with van der Waals surface area (Å²) in [5.74, 6) is 0. The van der Waals surface area contributed by atoms with Gasteiger partial charge in [-0.1, -0.05) is 66.7 Å². The Hall–Kier alpha value is -3.44. The van der Waals surface area contributed by atoms with Crippen molar-refractivity contribution in [1.29, 1.82) is 0 Å². The summed E-state index contributed by atoms with van der Waals surface area (Å²) in [7, 11) is 4.06. The fraction of sp³-hybridized carbons (Fsp3) is 0.0833.